The molecule has 0 fully saturated rings. The first kappa shape index (κ1) is 24.7. The normalized spacial score (nSPS) is 11.1. The van der Waals surface area contributed by atoms with Gasteiger partial charge in [-0.2, -0.15) is 23.4 Å². The molecule has 14 nitrogen and oxygen atoms in total. The summed E-state index contributed by atoms with van der Waals surface area (Å²) in [6.07, 6.45) is -0.534. The molecule has 1 heterocycles. The lowest BCUT2D eigenvalue weighted by Crippen LogP contribution is -2.31. The first-order valence-corrected chi connectivity index (χ1v) is 10.8. The summed E-state index contributed by atoms with van der Waals surface area (Å²) in [5.41, 5.74) is 5.88. The summed E-state index contributed by atoms with van der Waals surface area (Å²) in [6, 6.07) is 5.12. The van der Waals surface area contributed by atoms with E-state index in [1.807, 2.05) is 0 Å². The van der Waals surface area contributed by atoms with E-state index in [0.717, 1.165) is 0 Å². The van der Waals surface area contributed by atoms with Crippen molar-refractivity contribution in [1.29, 1.82) is 0 Å². The summed E-state index contributed by atoms with van der Waals surface area (Å²) in [7, 11) is -4.35. The molecule has 0 saturated carbocycles. The number of nitrogens with two attached hydrogens (primary N) is 1. The lowest BCUT2D eigenvalue weighted by Gasteiger charge is -2.22. The first-order chi connectivity index (χ1) is 15.1. The van der Waals surface area contributed by atoms with Crippen molar-refractivity contribution in [3.05, 3.63) is 24.3 Å². The molecule has 2 aromatic rings. The second-order valence-electron chi connectivity index (χ2n) is 6.40. The van der Waals surface area contributed by atoms with Gasteiger partial charge in [0.15, 0.2) is 0 Å². The fraction of sp³-hybridized carbons (Fsp3) is 0.353. The van der Waals surface area contributed by atoms with Gasteiger partial charge in [0, 0.05) is 31.9 Å². The van der Waals surface area contributed by atoms with Crippen LogP contribution in [0.1, 0.15) is 12.8 Å². The van der Waals surface area contributed by atoms with Crippen LogP contribution in [-0.2, 0) is 19.7 Å². The van der Waals surface area contributed by atoms with E-state index in [0.29, 0.717) is 12.2 Å². The minimum Gasteiger partial charge on any atom is -0.481 e. The molecule has 15 heteroatoms. The maximum atomic E-state index is 11.2. The molecule has 0 aliphatic carbocycles. The largest absolute Gasteiger partial charge is 0.481 e. The first-order valence-electron chi connectivity index (χ1n) is 9.31. The van der Waals surface area contributed by atoms with Gasteiger partial charge in [-0.15, -0.1) is 0 Å². The molecule has 174 valence electrons. The lowest BCUT2D eigenvalue weighted by atomic mass is 10.3. The van der Waals surface area contributed by atoms with E-state index in [1.54, 1.807) is 0 Å². The summed E-state index contributed by atoms with van der Waals surface area (Å²) in [6.45, 7) is 0.537. The number of carboxylic acids is 2. The Hall–Kier alpha value is -3.56. The Morgan fingerprint density at radius 2 is 1.53 bits per heavy atom. The van der Waals surface area contributed by atoms with Crippen LogP contribution >= 0.6 is 0 Å². The molecular weight excluding hydrogens is 446 g/mol. The smallest absolute Gasteiger partial charge is 0.305 e. The van der Waals surface area contributed by atoms with Crippen molar-refractivity contribution < 1.29 is 32.8 Å². The number of benzene rings is 1. The zero-order valence-corrected chi connectivity index (χ0v) is 17.6. The number of aliphatic carboxylic acids is 2. The Morgan fingerprint density at radius 3 is 2.03 bits per heavy atom. The van der Waals surface area contributed by atoms with Crippen LogP contribution < -0.4 is 21.3 Å². The molecule has 0 radical (unpaired) electrons. The monoisotopic (exact) mass is 469 g/mol. The van der Waals surface area contributed by atoms with Crippen molar-refractivity contribution in [1.82, 2.24) is 15.0 Å². The number of rotatable bonds is 13. The molecule has 1 aromatic carbocycles. The van der Waals surface area contributed by atoms with Gasteiger partial charge in [-0.1, -0.05) is 0 Å². The Morgan fingerprint density at radius 1 is 0.969 bits per heavy atom. The minimum atomic E-state index is -4.35. The summed E-state index contributed by atoms with van der Waals surface area (Å²) < 4.78 is 31.4. The molecule has 32 heavy (non-hydrogen) atoms. The van der Waals surface area contributed by atoms with E-state index in [1.165, 1.54) is 29.2 Å². The Labute approximate surface area is 183 Å². The van der Waals surface area contributed by atoms with Crippen molar-refractivity contribution in [2.75, 3.05) is 41.7 Å². The summed E-state index contributed by atoms with van der Waals surface area (Å²) in [5, 5.41) is 23.7. The molecule has 1 aromatic heterocycles. The van der Waals surface area contributed by atoms with Crippen molar-refractivity contribution >= 4 is 45.6 Å². The van der Waals surface area contributed by atoms with Crippen LogP contribution in [0.3, 0.4) is 0 Å². The number of hydrogen-bond acceptors (Lipinski definition) is 11. The molecule has 0 aliphatic rings. The molecule has 0 saturated heterocycles. The van der Waals surface area contributed by atoms with Crippen molar-refractivity contribution in [3.63, 3.8) is 0 Å². The molecule has 0 amide bonds. The van der Waals surface area contributed by atoms with Gasteiger partial charge >= 0.3 is 11.9 Å². The molecule has 0 spiro atoms. The van der Waals surface area contributed by atoms with Crippen LogP contribution in [0.5, 0.6) is 0 Å². The predicted octanol–water partition coefficient (Wildman–Crippen LogP) is -0.0117. The predicted molar refractivity (Wildman–Crippen MR) is 114 cm³/mol. The molecule has 2 rings (SSSR count). The summed E-state index contributed by atoms with van der Waals surface area (Å²) in [5.74, 6) is -1.95. The quantitative estimate of drug-likeness (QED) is 0.212. The van der Waals surface area contributed by atoms with E-state index in [4.69, 9.17) is 20.5 Å². The Balaban J connectivity index is 2.35. The Kier molecular flexibility index (Phi) is 8.62. The average Bonchev–Trinajstić information content (AvgIpc) is 2.71. The minimum absolute atomic E-state index is 0.0322. The number of carboxylic acid groups (broad SMARTS) is 2. The van der Waals surface area contributed by atoms with E-state index in [2.05, 4.69) is 25.6 Å². The van der Waals surface area contributed by atoms with Gasteiger partial charge in [0.05, 0.1) is 17.7 Å². The van der Waals surface area contributed by atoms with E-state index < -0.39 is 22.1 Å². The third-order valence-corrected chi connectivity index (χ3v) is 4.80. The van der Waals surface area contributed by atoms with Gasteiger partial charge in [0.2, 0.25) is 17.8 Å². The van der Waals surface area contributed by atoms with Crippen LogP contribution in [0.2, 0.25) is 0 Å². The summed E-state index contributed by atoms with van der Waals surface area (Å²) in [4.78, 5) is 35.7. The van der Waals surface area contributed by atoms with Gasteiger partial charge in [-0.05, 0) is 24.3 Å². The standard InChI is InChI=1S/C17H23N7O7S/c18-7-8-19-15-21-16(20-11-1-3-12(4-2-11)32(29,30)31)23-17(22-15)24(9-5-13(25)26)10-6-14(27)28/h1-4H,5-10,18H2,(H,25,26)(H,27,28)(H,29,30,31)(H2,19,20,21,22,23). The third kappa shape index (κ3) is 7.93. The fourth-order valence-corrected chi connectivity index (χ4v) is 2.92. The molecule has 7 N–H and O–H groups in total. The molecule has 0 bridgehead atoms. The highest BCUT2D eigenvalue weighted by Gasteiger charge is 2.17. The maximum Gasteiger partial charge on any atom is 0.305 e. The van der Waals surface area contributed by atoms with E-state index >= 15 is 0 Å². The topological polar surface area (TPSA) is 221 Å². The number of nitrogens with one attached hydrogen (secondary N) is 2. The molecule has 0 atom stereocenters. The van der Waals surface area contributed by atoms with E-state index in [9.17, 15) is 18.0 Å². The lowest BCUT2D eigenvalue weighted by molar-refractivity contribution is -0.137. The summed E-state index contributed by atoms with van der Waals surface area (Å²) >= 11 is 0. The number of carbonyl (C=O) groups is 2. The van der Waals surface area contributed by atoms with Crippen molar-refractivity contribution in [2.45, 2.75) is 17.7 Å². The fourth-order valence-electron chi connectivity index (χ4n) is 2.44. The zero-order valence-electron chi connectivity index (χ0n) is 16.8. The number of hydrogen-bond donors (Lipinski definition) is 6. The second-order valence-corrected chi connectivity index (χ2v) is 7.82. The van der Waals surface area contributed by atoms with Gasteiger partial charge < -0.3 is 31.5 Å². The Bertz CT molecular complexity index is 1030. The molecular formula is C17H23N7O7S. The SMILES string of the molecule is NCCNc1nc(Nc2ccc(S(=O)(=O)O)cc2)nc(N(CCC(=O)O)CCC(=O)O)n1. The molecule has 0 unspecified atom stereocenters. The van der Waals surface area contributed by atoms with Crippen LogP contribution in [0, 0.1) is 0 Å². The average molecular weight is 469 g/mol. The number of anilines is 4. The van der Waals surface area contributed by atoms with Gasteiger partial charge in [0.25, 0.3) is 10.1 Å². The second kappa shape index (κ2) is 11.2. The van der Waals surface area contributed by atoms with Crippen LogP contribution in [0.25, 0.3) is 0 Å². The molecule has 0 aliphatic heterocycles. The number of aromatic nitrogens is 3. The third-order valence-electron chi connectivity index (χ3n) is 3.93. The maximum absolute atomic E-state index is 11.2. The highest BCUT2D eigenvalue weighted by atomic mass is 32.2. The van der Waals surface area contributed by atoms with Crippen LogP contribution in [0.4, 0.5) is 23.5 Å². The highest BCUT2D eigenvalue weighted by Crippen LogP contribution is 2.20. The van der Waals surface area contributed by atoms with Gasteiger partial charge in [-0.3, -0.25) is 14.1 Å². The number of nitrogens with zero attached hydrogens (tertiary/aromatic N) is 4. The van der Waals surface area contributed by atoms with Gasteiger partial charge in [-0.25, -0.2) is 0 Å². The zero-order chi connectivity index (χ0) is 23.7. The van der Waals surface area contributed by atoms with E-state index in [-0.39, 0.29) is 55.2 Å². The van der Waals surface area contributed by atoms with Gasteiger partial charge in [0.1, 0.15) is 0 Å². The van der Waals surface area contributed by atoms with Crippen molar-refractivity contribution in [3.8, 4) is 0 Å². The van der Waals surface area contributed by atoms with Crippen molar-refractivity contribution in [2.24, 2.45) is 5.73 Å². The van der Waals surface area contributed by atoms with Crippen LogP contribution in [-0.4, -0.2) is 76.3 Å². The highest BCUT2D eigenvalue weighted by molar-refractivity contribution is 7.85. The van der Waals surface area contributed by atoms with Crippen LogP contribution in [0.15, 0.2) is 29.2 Å².